The van der Waals surface area contributed by atoms with Crippen LogP contribution in [0.5, 0.6) is 0 Å². The van der Waals surface area contributed by atoms with Gasteiger partial charge in [0.15, 0.2) is 0 Å². The zero-order valence-electron chi connectivity index (χ0n) is 40.0. The number of furan rings is 3. The fourth-order valence-corrected chi connectivity index (χ4v) is 12.8. The fraction of sp³-hybridized carbons (Fsp3) is 0. The zero-order chi connectivity index (χ0) is 49.9. The molecule has 0 spiro atoms. The molecule has 0 aliphatic rings. The molecule has 0 fully saturated rings. The number of hydrogen-bond donors (Lipinski definition) is 0. The van der Waals surface area contributed by atoms with Crippen molar-refractivity contribution in [3.8, 4) is 40.5 Å². The minimum atomic E-state index is 0.184. The van der Waals surface area contributed by atoms with E-state index in [9.17, 15) is 10.5 Å². The van der Waals surface area contributed by atoms with E-state index in [1.807, 2.05) is 103 Å². The summed E-state index contributed by atoms with van der Waals surface area (Å²) >= 11 is 0. The molecule has 7 heterocycles. The summed E-state index contributed by atoms with van der Waals surface area (Å²) in [4.78, 5) is 5.30. The topological polar surface area (TPSA) is 115 Å². The molecule has 0 N–H and O–H groups in total. The third-order valence-corrected chi connectivity index (χ3v) is 15.8. The van der Waals surface area contributed by atoms with Crippen molar-refractivity contribution in [3.63, 3.8) is 0 Å². The number of nitrogens with zero attached hydrogens (tertiary/aromatic N) is 6. The summed E-state index contributed by atoms with van der Waals surface area (Å²) in [5.41, 5.74) is 12.8. The Balaban J connectivity index is 1.22. The number of fused-ring (bicyclic) bond motifs is 21. The molecule has 0 radical (unpaired) electrons. The van der Waals surface area contributed by atoms with Gasteiger partial charge >= 0.3 is 0 Å². The van der Waals surface area contributed by atoms with Crippen LogP contribution in [0.4, 0.5) is 0 Å². The Labute approximate surface area is 429 Å². The van der Waals surface area contributed by atoms with Crippen LogP contribution in [0.3, 0.4) is 0 Å². The van der Waals surface area contributed by atoms with Gasteiger partial charge in [0.25, 0.3) is 0 Å². The SMILES string of the molecule is N#Cc1c(C#N)c(-n2c3ccccc3c3ccc4oc5ccccc5c4c32)c(-n2c3ccccc3c3ccc4oc5ccccc5c4c32)c(-c2ccccn2)c1-n1c2ccccc2c2ccc3oc4ccccc4c3c21. The highest BCUT2D eigenvalue weighted by Crippen LogP contribution is 2.52. The van der Waals surface area contributed by atoms with Gasteiger partial charge in [-0.3, -0.25) is 4.98 Å². The fourth-order valence-electron chi connectivity index (χ4n) is 12.8. The lowest BCUT2D eigenvalue weighted by Gasteiger charge is -2.26. The van der Waals surface area contributed by atoms with Gasteiger partial charge in [0.1, 0.15) is 45.6 Å². The molecule has 0 aliphatic heterocycles. The molecule has 0 bridgehead atoms. The van der Waals surface area contributed by atoms with Gasteiger partial charge in [-0.25, -0.2) is 0 Å². The van der Waals surface area contributed by atoms with Crippen LogP contribution in [0.25, 0.3) is 160 Å². The van der Waals surface area contributed by atoms with E-state index in [1.165, 1.54) is 0 Å². The van der Waals surface area contributed by atoms with E-state index in [0.29, 0.717) is 45.1 Å². The number of benzene rings is 10. The average Bonchev–Trinajstić information content (AvgIpc) is 4.41. The van der Waals surface area contributed by atoms with Crippen molar-refractivity contribution in [2.24, 2.45) is 0 Å². The minimum absolute atomic E-state index is 0.184. The normalized spacial score (nSPS) is 12.2. The molecule has 0 saturated heterocycles. The molecule has 76 heavy (non-hydrogen) atoms. The Bertz CT molecular complexity index is 5510. The Kier molecular flexibility index (Phi) is 7.96. The number of para-hydroxylation sites is 6. The van der Waals surface area contributed by atoms with Crippen molar-refractivity contribution in [1.82, 2.24) is 18.7 Å². The summed E-state index contributed by atoms with van der Waals surface area (Å²) in [7, 11) is 0. The Morgan fingerprint density at radius 2 is 0.671 bits per heavy atom. The number of pyridine rings is 1. The molecule has 0 aliphatic carbocycles. The summed E-state index contributed by atoms with van der Waals surface area (Å²) in [5.74, 6) is 0. The molecule has 0 unspecified atom stereocenters. The van der Waals surface area contributed by atoms with Gasteiger partial charge in [-0.2, -0.15) is 10.5 Å². The van der Waals surface area contributed by atoms with Crippen molar-refractivity contribution in [2.75, 3.05) is 0 Å². The summed E-state index contributed by atoms with van der Waals surface area (Å²) in [6, 6.07) is 73.3. The Hall–Kier alpha value is -10.9. The van der Waals surface area contributed by atoms with E-state index in [0.717, 1.165) is 114 Å². The van der Waals surface area contributed by atoms with E-state index in [4.69, 9.17) is 18.2 Å². The van der Waals surface area contributed by atoms with Gasteiger partial charge < -0.3 is 27.0 Å². The van der Waals surface area contributed by atoms with E-state index in [2.05, 4.69) is 123 Å². The molecule has 350 valence electrons. The van der Waals surface area contributed by atoms with Crippen LogP contribution in [-0.4, -0.2) is 18.7 Å². The summed E-state index contributed by atoms with van der Waals surface area (Å²) < 4.78 is 26.8. The maximum Gasteiger partial charge on any atom is 0.137 e. The van der Waals surface area contributed by atoms with E-state index in [-0.39, 0.29) is 11.1 Å². The van der Waals surface area contributed by atoms with Crippen molar-refractivity contribution in [1.29, 1.82) is 10.5 Å². The lowest BCUT2D eigenvalue weighted by Crippen LogP contribution is -2.14. The number of rotatable bonds is 4. The molecule has 17 aromatic rings. The molecule has 9 nitrogen and oxygen atoms in total. The lowest BCUT2D eigenvalue weighted by molar-refractivity contribution is 0.668. The highest BCUT2D eigenvalue weighted by Gasteiger charge is 2.35. The predicted octanol–water partition coefficient (Wildman–Crippen LogP) is 17.5. The maximum absolute atomic E-state index is 12.4. The van der Waals surface area contributed by atoms with Crippen molar-refractivity contribution < 1.29 is 13.3 Å². The predicted molar refractivity (Wildman–Crippen MR) is 304 cm³/mol. The maximum atomic E-state index is 12.4. The van der Waals surface area contributed by atoms with Crippen LogP contribution in [0.2, 0.25) is 0 Å². The third-order valence-electron chi connectivity index (χ3n) is 15.8. The van der Waals surface area contributed by atoms with E-state index < -0.39 is 0 Å². The highest BCUT2D eigenvalue weighted by molar-refractivity contribution is 6.28. The first kappa shape index (κ1) is 40.7. The second-order valence-electron chi connectivity index (χ2n) is 19.5. The van der Waals surface area contributed by atoms with Gasteiger partial charge in [-0.05, 0) is 84.9 Å². The summed E-state index contributed by atoms with van der Waals surface area (Å²) in [6.07, 6.45) is 1.80. The van der Waals surface area contributed by atoms with Crippen LogP contribution in [-0.2, 0) is 0 Å². The van der Waals surface area contributed by atoms with Gasteiger partial charge in [0.05, 0.1) is 88.7 Å². The van der Waals surface area contributed by atoms with Gasteiger partial charge in [-0.1, -0.05) is 115 Å². The molecule has 7 aromatic heterocycles. The second-order valence-corrected chi connectivity index (χ2v) is 19.5. The third kappa shape index (κ3) is 5.12. The monoisotopic (exact) mass is 970 g/mol. The van der Waals surface area contributed by atoms with Gasteiger partial charge in [0, 0.05) is 54.7 Å². The molecular formula is C67H34N6O3. The first-order valence-corrected chi connectivity index (χ1v) is 25.2. The molecular weight excluding hydrogens is 937 g/mol. The number of aromatic nitrogens is 4. The molecule has 0 atom stereocenters. The number of hydrogen-bond acceptors (Lipinski definition) is 6. The Morgan fingerprint density at radius 1 is 0.316 bits per heavy atom. The minimum Gasteiger partial charge on any atom is -0.456 e. The lowest BCUT2D eigenvalue weighted by atomic mass is 9.93. The van der Waals surface area contributed by atoms with E-state index >= 15 is 0 Å². The summed E-state index contributed by atoms with van der Waals surface area (Å²) in [5, 5.41) is 36.1. The van der Waals surface area contributed by atoms with Crippen molar-refractivity contribution in [3.05, 3.63) is 218 Å². The zero-order valence-corrected chi connectivity index (χ0v) is 40.0. The van der Waals surface area contributed by atoms with Crippen molar-refractivity contribution >= 4 is 131 Å². The average molecular weight is 971 g/mol. The number of nitriles is 2. The second kappa shape index (κ2) is 14.9. The van der Waals surface area contributed by atoms with Crippen LogP contribution in [0.1, 0.15) is 11.1 Å². The Morgan fingerprint density at radius 3 is 1.08 bits per heavy atom. The van der Waals surface area contributed by atoms with Crippen molar-refractivity contribution in [2.45, 2.75) is 0 Å². The standard InChI is InChI=1S/C67H34N6O3/c68-35-46-47(36-69)66(72-50-23-8-2-16-38(50)41-29-32-56-59(63(41)72)44-19-5-11-26-53(44)75-56)67(73-51-24-9-3-17-39(51)42-30-33-57-60(64(42)73)45-20-6-12-27-54(45)76-57)61(48-21-13-14-34-70-48)65(46)71-49-22-7-1-15-37(49)40-28-31-55-58(62(40)71)43-18-4-10-25-52(43)74-55/h1-34H. The van der Waals surface area contributed by atoms with Crippen LogP contribution >= 0.6 is 0 Å². The first-order valence-electron chi connectivity index (χ1n) is 25.2. The first-order chi connectivity index (χ1) is 37.7. The van der Waals surface area contributed by atoms with Crippen LogP contribution in [0.15, 0.2) is 220 Å². The smallest absolute Gasteiger partial charge is 0.137 e. The molecule has 9 heteroatoms. The van der Waals surface area contributed by atoms with Crippen LogP contribution in [0, 0.1) is 22.7 Å². The van der Waals surface area contributed by atoms with Gasteiger partial charge in [0.2, 0.25) is 0 Å². The molecule has 0 saturated carbocycles. The van der Waals surface area contributed by atoms with E-state index in [1.54, 1.807) is 6.20 Å². The summed E-state index contributed by atoms with van der Waals surface area (Å²) in [6.45, 7) is 0. The highest BCUT2D eigenvalue weighted by atomic mass is 16.3. The van der Waals surface area contributed by atoms with Gasteiger partial charge in [-0.15, -0.1) is 0 Å². The quantitative estimate of drug-likeness (QED) is 0.173. The van der Waals surface area contributed by atoms with Crippen LogP contribution < -0.4 is 0 Å². The molecule has 0 amide bonds. The molecule has 10 aromatic carbocycles. The largest absolute Gasteiger partial charge is 0.456 e. The molecule has 17 rings (SSSR count).